The predicted octanol–water partition coefficient (Wildman–Crippen LogP) is 3.47. The molecule has 0 aliphatic rings. The zero-order chi connectivity index (χ0) is 14.5. The molecule has 0 amide bonds. The van der Waals surface area contributed by atoms with Crippen molar-refractivity contribution in [3.8, 4) is 0 Å². The van der Waals surface area contributed by atoms with Gasteiger partial charge < -0.3 is 5.73 Å². The van der Waals surface area contributed by atoms with Crippen molar-refractivity contribution in [2.45, 2.75) is 25.4 Å². The van der Waals surface area contributed by atoms with E-state index in [0.29, 0.717) is 0 Å². The van der Waals surface area contributed by atoms with Gasteiger partial charge in [0.15, 0.2) is 0 Å². The Balaban J connectivity index is 2.02. The van der Waals surface area contributed by atoms with Gasteiger partial charge in [-0.05, 0) is 48.1 Å². The molecule has 0 radical (unpaired) electrons. The van der Waals surface area contributed by atoms with Crippen LogP contribution in [-0.2, 0) is 6.42 Å². The van der Waals surface area contributed by atoms with E-state index in [4.69, 9.17) is 5.73 Å². The number of hydrogen-bond donors (Lipinski definition) is 1. The quantitative estimate of drug-likeness (QED) is 0.864. The molecule has 0 spiro atoms. The average molecular weight is 354 g/mol. The van der Waals surface area contributed by atoms with Gasteiger partial charge >= 0.3 is 0 Å². The zero-order valence-corrected chi connectivity index (χ0v) is 14.2. The number of halogens is 1. The molecule has 0 aliphatic heterocycles. The Kier molecular flexibility index (Phi) is 5.72. The number of thiophene rings is 1. The third kappa shape index (κ3) is 4.12. The van der Waals surface area contributed by atoms with Gasteiger partial charge in [0.2, 0.25) is 0 Å². The first kappa shape index (κ1) is 15.6. The number of likely N-dealkylation sites (N-methyl/N-ethyl adjacent to an activating group) is 1. The van der Waals surface area contributed by atoms with Gasteiger partial charge in [0.25, 0.3) is 0 Å². The highest BCUT2D eigenvalue weighted by molar-refractivity contribution is 9.10. The van der Waals surface area contributed by atoms with Crippen LogP contribution in [0.4, 0.5) is 0 Å². The first-order valence-electron chi connectivity index (χ1n) is 6.67. The lowest BCUT2D eigenvalue weighted by atomic mass is 10.1. The highest BCUT2D eigenvalue weighted by atomic mass is 79.9. The summed E-state index contributed by atoms with van der Waals surface area (Å²) < 4.78 is 1.13. The van der Waals surface area contributed by atoms with E-state index in [1.165, 1.54) is 4.88 Å². The van der Waals surface area contributed by atoms with Crippen molar-refractivity contribution < 1.29 is 0 Å². The first-order valence-corrected chi connectivity index (χ1v) is 8.35. The fourth-order valence-corrected chi connectivity index (χ4v) is 4.06. The van der Waals surface area contributed by atoms with Gasteiger partial charge in [-0.25, -0.2) is 0 Å². The number of hydrogen-bond acceptors (Lipinski definition) is 4. The van der Waals surface area contributed by atoms with E-state index in [1.54, 1.807) is 11.3 Å². The average Bonchev–Trinajstić information content (AvgIpc) is 2.83. The molecular formula is C15H20BrN3S. The summed E-state index contributed by atoms with van der Waals surface area (Å²) >= 11 is 5.27. The van der Waals surface area contributed by atoms with Crippen molar-refractivity contribution in [1.29, 1.82) is 0 Å². The number of nitrogens with two attached hydrogens (primary N) is 1. The minimum absolute atomic E-state index is 0.0919. The summed E-state index contributed by atoms with van der Waals surface area (Å²) in [5, 5.41) is 2.11. The van der Waals surface area contributed by atoms with Gasteiger partial charge in [-0.1, -0.05) is 6.07 Å². The maximum absolute atomic E-state index is 6.18. The van der Waals surface area contributed by atoms with Crippen LogP contribution in [0.25, 0.3) is 0 Å². The van der Waals surface area contributed by atoms with Gasteiger partial charge in [0, 0.05) is 45.6 Å². The number of pyridine rings is 1. The van der Waals surface area contributed by atoms with Crippen LogP contribution in [0.3, 0.4) is 0 Å². The second kappa shape index (κ2) is 7.31. The molecular weight excluding hydrogens is 334 g/mol. The van der Waals surface area contributed by atoms with Crippen LogP contribution in [0.15, 0.2) is 40.3 Å². The molecule has 0 bridgehead atoms. The Hall–Kier alpha value is -0.750. The van der Waals surface area contributed by atoms with Crippen LogP contribution < -0.4 is 5.73 Å². The first-order chi connectivity index (χ1) is 9.58. The second-order valence-corrected chi connectivity index (χ2v) is 6.88. The van der Waals surface area contributed by atoms with E-state index in [9.17, 15) is 0 Å². The molecule has 3 nitrogen and oxygen atoms in total. The third-order valence-electron chi connectivity index (χ3n) is 3.30. The highest BCUT2D eigenvalue weighted by Crippen LogP contribution is 2.30. The molecule has 5 heteroatoms. The lowest BCUT2D eigenvalue weighted by Crippen LogP contribution is -2.37. The van der Waals surface area contributed by atoms with Gasteiger partial charge in [0.05, 0.1) is 6.04 Å². The molecule has 2 N–H and O–H groups in total. The monoisotopic (exact) mass is 353 g/mol. The van der Waals surface area contributed by atoms with Crippen molar-refractivity contribution >= 4 is 27.3 Å². The largest absolute Gasteiger partial charge is 0.326 e. The van der Waals surface area contributed by atoms with E-state index in [1.807, 2.05) is 18.3 Å². The fourth-order valence-electron chi connectivity index (χ4n) is 2.34. The van der Waals surface area contributed by atoms with Crippen LogP contribution in [0.1, 0.15) is 23.5 Å². The van der Waals surface area contributed by atoms with Crippen molar-refractivity contribution in [3.63, 3.8) is 0 Å². The SMILES string of the molecule is CC(N)C(c1cc(Br)cs1)N(C)CCc1ccccn1. The molecule has 0 aromatic carbocycles. The van der Waals surface area contributed by atoms with E-state index < -0.39 is 0 Å². The molecule has 0 saturated heterocycles. The van der Waals surface area contributed by atoms with Crippen LogP contribution in [0, 0.1) is 0 Å². The Bertz CT molecular complexity index is 527. The Morgan fingerprint density at radius 1 is 1.45 bits per heavy atom. The van der Waals surface area contributed by atoms with Gasteiger partial charge in [0.1, 0.15) is 0 Å². The standard InChI is InChI=1S/C15H20BrN3S/c1-11(17)15(14-9-12(16)10-20-14)19(2)8-6-13-5-3-4-7-18-13/h3-5,7,9-11,15H,6,8,17H2,1-2H3. The summed E-state index contributed by atoms with van der Waals surface area (Å²) in [4.78, 5) is 7.99. The number of aromatic nitrogens is 1. The molecule has 0 saturated carbocycles. The van der Waals surface area contributed by atoms with E-state index >= 15 is 0 Å². The normalized spacial score (nSPS) is 14.4. The van der Waals surface area contributed by atoms with Crippen LogP contribution >= 0.6 is 27.3 Å². The summed E-state index contributed by atoms with van der Waals surface area (Å²) in [7, 11) is 2.13. The zero-order valence-electron chi connectivity index (χ0n) is 11.8. The minimum Gasteiger partial charge on any atom is -0.326 e. The Morgan fingerprint density at radius 3 is 2.80 bits per heavy atom. The molecule has 2 atom stereocenters. The summed E-state index contributed by atoms with van der Waals surface area (Å²) in [6, 6.07) is 8.54. The lowest BCUT2D eigenvalue weighted by molar-refractivity contribution is 0.224. The minimum atomic E-state index is 0.0919. The van der Waals surface area contributed by atoms with Gasteiger partial charge in [-0.15, -0.1) is 11.3 Å². The van der Waals surface area contributed by atoms with Crippen molar-refractivity contribution in [1.82, 2.24) is 9.88 Å². The highest BCUT2D eigenvalue weighted by Gasteiger charge is 2.22. The van der Waals surface area contributed by atoms with Crippen LogP contribution in [0.2, 0.25) is 0 Å². The second-order valence-electron chi connectivity index (χ2n) is 5.02. The summed E-state index contributed by atoms with van der Waals surface area (Å²) in [6.45, 7) is 3.01. The molecule has 2 unspecified atom stereocenters. The van der Waals surface area contributed by atoms with Crippen molar-refractivity contribution in [2.75, 3.05) is 13.6 Å². The molecule has 0 aliphatic carbocycles. The molecule has 2 aromatic heterocycles. The molecule has 108 valence electrons. The molecule has 0 fully saturated rings. The third-order valence-corrected chi connectivity index (χ3v) is 5.06. The topological polar surface area (TPSA) is 42.1 Å². The summed E-state index contributed by atoms with van der Waals surface area (Å²) in [6.07, 6.45) is 2.78. The molecule has 2 heterocycles. The maximum atomic E-state index is 6.18. The van der Waals surface area contributed by atoms with Crippen molar-refractivity contribution in [2.24, 2.45) is 5.73 Å². The molecule has 2 rings (SSSR count). The van der Waals surface area contributed by atoms with Crippen LogP contribution in [-0.4, -0.2) is 29.5 Å². The van der Waals surface area contributed by atoms with Crippen LogP contribution in [0.5, 0.6) is 0 Å². The van der Waals surface area contributed by atoms with E-state index in [0.717, 1.165) is 23.1 Å². The summed E-state index contributed by atoms with van der Waals surface area (Å²) in [5.41, 5.74) is 7.30. The lowest BCUT2D eigenvalue weighted by Gasteiger charge is -2.30. The fraction of sp³-hybridized carbons (Fsp3) is 0.400. The van der Waals surface area contributed by atoms with Crippen molar-refractivity contribution in [3.05, 3.63) is 50.9 Å². The predicted molar refractivity (Wildman–Crippen MR) is 89.0 cm³/mol. The Morgan fingerprint density at radius 2 is 2.25 bits per heavy atom. The van der Waals surface area contributed by atoms with E-state index in [2.05, 4.69) is 57.3 Å². The maximum Gasteiger partial charge on any atom is 0.0588 e. The van der Waals surface area contributed by atoms with Gasteiger partial charge in [-0.2, -0.15) is 0 Å². The molecule has 20 heavy (non-hydrogen) atoms. The van der Waals surface area contributed by atoms with Gasteiger partial charge in [-0.3, -0.25) is 9.88 Å². The van der Waals surface area contributed by atoms with E-state index in [-0.39, 0.29) is 12.1 Å². The number of nitrogens with zero attached hydrogens (tertiary/aromatic N) is 2. The summed E-state index contributed by atoms with van der Waals surface area (Å²) in [5.74, 6) is 0. The molecule has 2 aromatic rings. The smallest absolute Gasteiger partial charge is 0.0588 e. The number of rotatable bonds is 6. The Labute approximate surface area is 133 Å².